The van der Waals surface area contributed by atoms with Crippen molar-refractivity contribution in [1.29, 1.82) is 0 Å². The second kappa shape index (κ2) is 57.4. The monoisotopic (exact) mass is 1080 g/mol. The molecule has 0 bridgehead atoms. The Kier molecular flexibility index (Phi) is 56.5. The van der Waals surface area contributed by atoms with Crippen LogP contribution in [0.4, 0.5) is 0 Å². The van der Waals surface area contributed by atoms with Gasteiger partial charge in [-0.3, -0.25) is 14.2 Å². The summed E-state index contributed by atoms with van der Waals surface area (Å²) in [5.74, 6) is -0.829. The minimum Gasteiger partial charge on any atom is -0.756 e. The third-order valence-corrected chi connectivity index (χ3v) is 16.0. The number of ether oxygens (including phenoxy) is 2. The van der Waals surface area contributed by atoms with E-state index in [4.69, 9.17) is 18.5 Å². The number of hydrogen-bond acceptors (Lipinski definition) is 8. The Morgan fingerprint density at radius 2 is 0.693 bits per heavy atom. The highest BCUT2D eigenvalue weighted by atomic mass is 31.2. The maximum absolute atomic E-state index is 12.7. The lowest BCUT2D eigenvalue weighted by atomic mass is 10.0. The average molecular weight is 1080 g/mol. The van der Waals surface area contributed by atoms with Gasteiger partial charge in [0.15, 0.2) is 6.10 Å². The predicted octanol–water partition coefficient (Wildman–Crippen LogP) is 20.1. The molecule has 2 unspecified atom stereocenters. The third-order valence-electron chi connectivity index (χ3n) is 15.0. The first-order valence-electron chi connectivity index (χ1n) is 32.9. The zero-order valence-electron chi connectivity index (χ0n) is 50.8. The zero-order valence-corrected chi connectivity index (χ0v) is 51.7. The highest BCUT2D eigenvalue weighted by Gasteiger charge is 2.22. The van der Waals surface area contributed by atoms with Crippen LogP contribution in [0.1, 0.15) is 341 Å². The van der Waals surface area contributed by atoms with Crippen LogP contribution in [0.25, 0.3) is 0 Å². The first-order valence-corrected chi connectivity index (χ1v) is 34.4. The van der Waals surface area contributed by atoms with E-state index in [1.165, 1.54) is 250 Å². The summed E-state index contributed by atoms with van der Waals surface area (Å²) in [4.78, 5) is 37.7. The molecule has 0 radical (unpaired) electrons. The number of phosphoric acid groups is 1. The van der Waals surface area contributed by atoms with E-state index in [9.17, 15) is 19.0 Å². The molecule has 10 heteroatoms. The Morgan fingerprint density at radius 1 is 0.400 bits per heavy atom. The van der Waals surface area contributed by atoms with Gasteiger partial charge in [0.25, 0.3) is 7.82 Å². The van der Waals surface area contributed by atoms with Gasteiger partial charge in [-0.2, -0.15) is 0 Å². The molecule has 0 saturated carbocycles. The van der Waals surface area contributed by atoms with Crippen molar-refractivity contribution >= 4 is 19.8 Å². The fraction of sp³-hybridized carbons (Fsp3) is 0.938. The quantitative estimate of drug-likeness (QED) is 0.0195. The summed E-state index contributed by atoms with van der Waals surface area (Å²) < 4.78 is 34.1. The number of hydrogen-bond donors (Lipinski definition) is 0. The Labute approximate surface area is 466 Å². The van der Waals surface area contributed by atoms with Gasteiger partial charge in [-0.25, -0.2) is 0 Å². The van der Waals surface area contributed by atoms with E-state index in [0.717, 1.165) is 57.8 Å². The first-order chi connectivity index (χ1) is 36.5. The van der Waals surface area contributed by atoms with Gasteiger partial charge in [-0.15, -0.1) is 0 Å². The van der Waals surface area contributed by atoms with Crippen LogP contribution < -0.4 is 4.89 Å². The largest absolute Gasteiger partial charge is 0.756 e. The van der Waals surface area contributed by atoms with Crippen molar-refractivity contribution in [1.82, 2.24) is 0 Å². The highest BCUT2D eigenvalue weighted by molar-refractivity contribution is 7.45. The van der Waals surface area contributed by atoms with E-state index >= 15 is 0 Å². The molecule has 0 aromatic carbocycles. The lowest BCUT2D eigenvalue weighted by molar-refractivity contribution is -0.870. The minimum absolute atomic E-state index is 0.0291. The second-order valence-electron chi connectivity index (χ2n) is 23.8. The number of carbonyl (C=O) groups is 2. The molecule has 0 saturated heterocycles. The number of allylic oxidation sites excluding steroid dienone is 2. The minimum atomic E-state index is -4.63. The fourth-order valence-corrected chi connectivity index (χ4v) is 10.7. The van der Waals surface area contributed by atoms with Gasteiger partial charge in [-0.1, -0.05) is 309 Å². The molecule has 0 amide bonds. The fourth-order valence-electron chi connectivity index (χ4n) is 9.94. The number of esters is 2. The molecule has 0 rings (SSSR count). The van der Waals surface area contributed by atoms with Gasteiger partial charge < -0.3 is 27.9 Å². The number of likely N-dealkylation sites (N-methyl/N-ethyl adjacent to an activating group) is 1. The van der Waals surface area contributed by atoms with E-state index in [1.807, 2.05) is 21.1 Å². The third kappa shape index (κ3) is 61.8. The molecule has 9 nitrogen and oxygen atoms in total. The maximum Gasteiger partial charge on any atom is 0.306 e. The predicted molar refractivity (Wildman–Crippen MR) is 319 cm³/mol. The van der Waals surface area contributed by atoms with Crippen LogP contribution in [0, 0.1) is 0 Å². The van der Waals surface area contributed by atoms with E-state index in [2.05, 4.69) is 26.0 Å². The summed E-state index contributed by atoms with van der Waals surface area (Å²) in [6.45, 7) is 4.23. The topological polar surface area (TPSA) is 111 Å². The summed E-state index contributed by atoms with van der Waals surface area (Å²) in [6, 6.07) is 0. The van der Waals surface area contributed by atoms with Crippen molar-refractivity contribution in [2.75, 3.05) is 47.5 Å². The van der Waals surface area contributed by atoms with E-state index in [1.54, 1.807) is 0 Å². The van der Waals surface area contributed by atoms with Crippen LogP contribution >= 0.6 is 7.82 Å². The number of quaternary nitrogens is 1. The van der Waals surface area contributed by atoms with Gasteiger partial charge >= 0.3 is 11.9 Å². The molecule has 0 heterocycles. The van der Waals surface area contributed by atoms with Crippen molar-refractivity contribution in [2.45, 2.75) is 347 Å². The molecule has 0 spiro atoms. The lowest BCUT2D eigenvalue weighted by Gasteiger charge is -2.28. The lowest BCUT2D eigenvalue weighted by Crippen LogP contribution is -2.37. The Balaban J connectivity index is 3.75. The van der Waals surface area contributed by atoms with Crippen LogP contribution in [0.3, 0.4) is 0 Å². The summed E-state index contributed by atoms with van der Waals surface area (Å²) in [5, 5.41) is 0. The number of carbonyl (C=O) groups excluding carboxylic acids is 2. The summed E-state index contributed by atoms with van der Waals surface area (Å²) in [5.41, 5.74) is 0. The standard InChI is InChI=1S/C65H128NO8P/c1-6-8-10-12-14-16-18-19-20-21-22-23-24-25-26-27-28-29-30-31-32-33-34-35-36-37-38-39-40-41-42-43-44-45-46-48-49-51-53-55-57-64(67)71-61-63(62-73-75(69,70)72-60-59-66(3,4)5)74-65(68)58-56-54-52-50-47-17-15-13-11-9-7-2/h13,15,63H,6-12,14,16-62H2,1-5H3/b15-13-. The molecule has 0 fully saturated rings. The van der Waals surface area contributed by atoms with Gasteiger partial charge in [-0.05, 0) is 32.1 Å². The van der Waals surface area contributed by atoms with Crippen molar-refractivity contribution in [3.05, 3.63) is 12.2 Å². The van der Waals surface area contributed by atoms with Crippen LogP contribution in [0.5, 0.6) is 0 Å². The molecule has 0 aromatic rings. The molecule has 0 N–H and O–H groups in total. The van der Waals surface area contributed by atoms with Crippen LogP contribution in [0.15, 0.2) is 12.2 Å². The first kappa shape index (κ1) is 73.8. The van der Waals surface area contributed by atoms with Gasteiger partial charge in [0.2, 0.25) is 0 Å². The van der Waals surface area contributed by atoms with E-state index in [0.29, 0.717) is 17.4 Å². The molecule has 446 valence electrons. The van der Waals surface area contributed by atoms with Crippen LogP contribution in [-0.2, 0) is 32.7 Å². The number of unbranched alkanes of at least 4 members (excludes halogenated alkanes) is 46. The molecule has 0 aliphatic carbocycles. The zero-order chi connectivity index (χ0) is 54.9. The average Bonchev–Trinajstić information content (AvgIpc) is 3.37. The SMILES string of the molecule is CCCC/C=C\CCCCCCCC(=O)OC(COC(=O)CCCCCCCCCCCCCCCCCCCCCCCCCCCCCCCCCCCCCCCCCC)COP(=O)([O-])OCC[N+](C)(C)C. The van der Waals surface area contributed by atoms with Crippen molar-refractivity contribution in [3.8, 4) is 0 Å². The molecule has 2 atom stereocenters. The molecular formula is C65H128NO8P. The highest BCUT2D eigenvalue weighted by Crippen LogP contribution is 2.38. The Hall–Kier alpha value is -1.25. The van der Waals surface area contributed by atoms with E-state index < -0.39 is 26.5 Å². The van der Waals surface area contributed by atoms with Crippen molar-refractivity contribution in [3.63, 3.8) is 0 Å². The molecule has 0 aliphatic heterocycles. The number of nitrogens with zero attached hydrogens (tertiary/aromatic N) is 1. The number of rotatable bonds is 62. The van der Waals surface area contributed by atoms with E-state index in [-0.39, 0.29) is 32.0 Å². The summed E-state index contributed by atoms with van der Waals surface area (Å²) in [6.07, 6.45) is 69.1. The summed E-state index contributed by atoms with van der Waals surface area (Å²) >= 11 is 0. The molecule has 75 heavy (non-hydrogen) atoms. The molecular weight excluding hydrogens is 954 g/mol. The van der Waals surface area contributed by atoms with Crippen molar-refractivity contribution < 1.29 is 42.1 Å². The smallest absolute Gasteiger partial charge is 0.306 e. The maximum atomic E-state index is 12.7. The van der Waals surface area contributed by atoms with Crippen LogP contribution in [0.2, 0.25) is 0 Å². The Bertz CT molecular complexity index is 1270. The molecule has 0 aromatic heterocycles. The Morgan fingerprint density at radius 3 is 1.03 bits per heavy atom. The van der Waals surface area contributed by atoms with Gasteiger partial charge in [0.05, 0.1) is 27.7 Å². The van der Waals surface area contributed by atoms with Gasteiger partial charge in [0, 0.05) is 12.8 Å². The van der Waals surface area contributed by atoms with Crippen molar-refractivity contribution in [2.24, 2.45) is 0 Å². The summed E-state index contributed by atoms with van der Waals surface area (Å²) in [7, 11) is 1.18. The molecule has 0 aliphatic rings. The second-order valence-corrected chi connectivity index (χ2v) is 25.3. The number of phosphoric ester groups is 1. The van der Waals surface area contributed by atoms with Crippen LogP contribution in [-0.4, -0.2) is 70.0 Å². The van der Waals surface area contributed by atoms with Gasteiger partial charge in [0.1, 0.15) is 19.8 Å². The normalized spacial score (nSPS) is 13.2.